The molecule has 0 aromatic carbocycles. The third kappa shape index (κ3) is 3.53. The van der Waals surface area contributed by atoms with Gasteiger partial charge in [0, 0.05) is 6.20 Å². The molecule has 2 aromatic rings. The fourth-order valence-electron chi connectivity index (χ4n) is 1.70. The molecule has 0 saturated carbocycles. The van der Waals surface area contributed by atoms with Gasteiger partial charge in [0.2, 0.25) is 0 Å². The minimum absolute atomic E-state index is 0.134. The van der Waals surface area contributed by atoms with E-state index in [1.807, 2.05) is 22.9 Å². The summed E-state index contributed by atoms with van der Waals surface area (Å²) in [6, 6.07) is 5.53. The Balaban J connectivity index is 2.04. The SMILES string of the molecule is CC(C)(C)n1ncnc1CN=C(N)Nc1ccccn1. The maximum absolute atomic E-state index is 5.82. The van der Waals surface area contributed by atoms with Crippen molar-refractivity contribution < 1.29 is 0 Å². The van der Waals surface area contributed by atoms with E-state index in [1.54, 1.807) is 6.20 Å². The summed E-state index contributed by atoms with van der Waals surface area (Å²) in [6.07, 6.45) is 3.21. The molecule has 0 saturated heterocycles. The highest BCUT2D eigenvalue weighted by Crippen LogP contribution is 2.14. The Morgan fingerprint density at radius 3 is 2.80 bits per heavy atom. The first kappa shape index (κ1) is 14.0. The Hall–Kier alpha value is -2.44. The van der Waals surface area contributed by atoms with Gasteiger partial charge >= 0.3 is 0 Å². The quantitative estimate of drug-likeness (QED) is 0.650. The lowest BCUT2D eigenvalue weighted by Gasteiger charge is -2.20. The Morgan fingerprint density at radius 1 is 1.35 bits per heavy atom. The van der Waals surface area contributed by atoms with Gasteiger partial charge in [-0.25, -0.2) is 19.6 Å². The molecule has 0 aliphatic carbocycles. The second-order valence-corrected chi connectivity index (χ2v) is 5.30. The first-order valence-electron chi connectivity index (χ1n) is 6.34. The largest absolute Gasteiger partial charge is 0.370 e. The number of guanidine groups is 1. The van der Waals surface area contributed by atoms with Crippen LogP contribution in [0, 0.1) is 0 Å². The molecule has 2 rings (SSSR count). The number of nitrogens with one attached hydrogen (secondary N) is 1. The molecule has 0 aliphatic rings. The van der Waals surface area contributed by atoms with E-state index in [1.165, 1.54) is 6.33 Å². The van der Waals surface area contributed by atoms with E-state index in [0.717, 1.165) is 5.82 Å². The van der Waals surface area contributed by atoms with Crippen LogP contribution in [-0.2, 0) is 12.1 Å². The molecular formula is C13H19N7. The number of nitrogens with two attached hydrogens (primary N) is 1. The van der Waals surface area contributed by atoms with Gasteiger partial charge in [-0.3, -0.25) is 0 Å². The number of aromatic nitrogens is 4. The molecule has 0 atom stereocenters. The zero-order valence-electron chi connectivity index (χ0n) is 11.9. The predicted octanol–water partition coefficient (Wildman–Crippen LogP) is 1.35. The van der Waals surface area contributed by atoms with E-state index in [9.17, 15) is 0 Å². The van der Waals surface area contributed by atoms with Crippen LogP contribution >= 0.6 is 0 Å². The van der Waals surface area contributed by atoms with E-state index < -0.39 is 0 Å². The van der Waals surface area contributed by atoms with Crippen molar-refractivity contribution in [1.29, 1.82) is 0 Å². The number of rotatable bonds is 3. The molecule has 106 valence electrons. The Bertz CT molecular complexity index is 580. The van der Waals surface area contributed by atoms with E-state index in [4.69, 9.17) is 5.73 Å². The molecule has 0 fully saturated rings. The Morgan fingerprint density at radius 2 is 2.15 bits per heavy atom. The summed E-state index contributed by atoms with van der Waals surface area (Å²) in [5.74, 6) is 1.72. The van der Waals surface area contributed by atoms with Gasteiger partial charge in [-0.05, 0) is 32.9 Å². The molecular weight excluding hydrogens is 254 g/mol. The molecule has 2 heterocycles. The van der Waals surface area contributed by atoms with Crippen LogP contribution < -0.4 is 11.1 Å². The molecule has 3 N–H and O–H groups in total. The van der Waals surface area contributed by atoms with Crippen LogP contribution in [0.25, 0.3) is 0 Å². The zero-order chi connectivity index (χ0) is 14.6. The maximum atomic E-state index is 5.82. The van der Waals surface area contributed by atoms with Gasteiger partial charge < -0.3 is 11.1 Å². The monoisotopic (exact) mass is 273 g/mol. The van der Waals surface area contributed by atoms with Gasteiger partial charge in [0.1, 0.15) is 24.5 Å². The summed E-state index contributed by atoms with van der Waals surface area (Å²) >= 11 is 0. The molecule has 0 unspecified atom stereocenters. The number of anilines is 1. The minimum atomic E-state index is -0.134. The highest BCUT2D eigenvalue weighted by Gasteiger charge is 2.17. The molecule has 0 bridgehead atoms. The standard InChI is InChI=1S/C13H19N7/c1-13(2,3)20-11(17-9-18-20)8-16-12(14)19-10-6-4-5-7-15-10/h4-7,9H,8H2,1-3H3,(H3,14,15,16,19). The van der Waals surface area contributed by atoms with Crippen LogP contribution in [-0.4, -0.2) is 25.7 Å². The normalized spacial score (nSPS) is 12.4. The van der Waals surface area contributed by atoms with Crippen molar-refractivity contribution in [3.05, 3.63) is 36.5 Å². The molecule has 2 aromatic heterocycles. The number of aliphatic imine (C=N–C) groups is 1. The third-order valence-electron chi connectivity index (χ3n) is 2.57. The molecule has 7 heteroatoms. The highest BCUT2D eigenvalue weighted by molar-refractivity contribution is 5.91. The summed E-state index contributed by atoms with van der Waals surface area (Å²) < 4.78 is 1.84. The third-order valence-corrected chi connectivity index (χ3v) is 2.57. The van der Waals surface area contributed by atoms with Crippen LogP contribution in [0.15, 0.2) is 35.7 Å². The highest BCUT2D eigenvalue weighted by atomic mass is 15.4. The van der Waals surface area contributed by atoms with Crippen molar-refractivity contribution >= 4 is 11.8 Å². The molecule has 0 radical (unpaired) electrons. The first-order chi connectivity index (χ1) is 9.47. The van der Waals surface area contributed by atoms with Crippen molar-refractivity contribution in [1.82, 2.24) is 19.7 Å². The minimum Gasteiger partial charge on any atom is -0.370 e. The number of hydrogen-bond acceptors (Lipinski definition) is 4. The second kappa shape index (κ2) is 5.68. The fourth-order valence-corrected chi connectivity index (χ4v) is 1.70. The van der Waals surface area contributed by atoms with E-state index >= 15 is 0 Å². The summed E-state index contributed by atoms with van der Waals surface area (Å²) in [7, 11) is 0. The first-order valence-corrected chi connectivity index (χ1v) is 6.34. The second-order valence-electron chi connectivity index (χ2n) is 5.30. The van der Waals surface area contributed by atoms with Gasteiger partial charge in [0.15, 0.2) is 5.96 Å². The number of hydrogen-bond donors (Lipinski definition) is 2. The summed E-state index contributed by atoms with van der Waals surface area (Å²) in [4.78, 5) is 12.6. The van der Waals surface area contributed by atoms with Crippen molar-refractivity contribution in [3.8, 4) is 0 Å². The van der Waals surface area contributed by atoms with Gasteiger partial charge in [-0.1, -0.05) is 6.07 Å². The van der Waals surface area contributed by atoms with Crippen molar-refractivity contribution in [2.24, 2.45) is 10.7 Å². The maximum Gasteiger partial charge on any atom is 0.194 e. The van der Waals surface area contributed by atoms with Crippen molar-refractivity contribution in [2.75, 3.05) is 5.32 Å². The lowest BCUT2D eigenvalue weighted by molar-refractivity contribution is 0.342. The van der Waals surface area contributed by atoms with Crippen molar-refractivity contribution in [3.63, 3.8) is 0 Å². The number of nitrogens with zero attached hydrogens (tertiary/aromatic N) is 5. The van der Waals surface area contributed by atoms with Crippen LogP contribution in [0.3, 0.4) is 0 Å². The van der Waals surface area contributed by atoms with Crippen LogP contribution in [0.1, 0.15) is 26.6 Å². The summed E-state index contributed by atoms with van der Waals surface area (Å²) in [5, 5.41) is 7.13. The molecule has 7 nitrogen and oxygen atoms in total. The molecule has 0 aliphatic heterocycles. The van der Waals surface area contributed by atoms with E-state index in [-0.39, 0.29) is 5.54 Å². The summed E-state index contributed by atoms with van der Waals surface area (Å²) in [6.45, 7) is 6.54. The van der Waals surface area contributed by atoms with Gasteiger partial charge in [0.05, 0.1) is 5.54 Å². The molecule has 0 spiro atoms. The van der Waals surface area contributed by atoms with E-state index in [2.05, 4.69) is 46.1 Å². The van der Waals surface area contributed by atoms with Crippen molar-refractivity contribution in [2.45, 2.75) is 32.9 Å². The molecule has 0 amide bonds. The van der Waals surface area contributed by atoms with E-state index in [0.29, 0.717) is 18.3 Å². The number of pyridine rings is 1. The molecule has 20 heavy (non-hydrogen) atoms. The topological polar surface area (TPSA) is 94.0 Å². The van der Waals surface area contributed by atoms with Gasteiger partial charge in [0.25, 0.3) is 0 Å². The van der Waals surface area contributed by atoms with Crippen LogP contribution in [0.4, 0.5) is 5.82 Å². The van der Waals surface area contributed by atoms with Gasteiger partial charge in [-0.2, -0.15) is 5.10 Å². The zero-order valence-corrected chi connectivity index (χ0v) is 11.9. The summed E-state index contributed by atoms with van der Waals surface area (Å²) in [5.41, 5.74) is 5.69. The smallest absolute Gasteiger partial charge is 0.194 e. The lowest BCUT2D eigenvalue weighted by atomic mass is 10.1. The Labute approximate surface area is 118 Å². The Kier molecular flexibility index (Phi) is 3.97. The van der Waals surface area contributed by atoms with Crippen LogP contribution in [0.2, 0.25) is 0 Å². The average Bonchev–Trinajstić information content (AvgIpc) is 2.86. The fraction of sp³-hybridized carbons (Fsp3) is 0.385. The lowest BCUT2D eigenvalue weighted by Crippen LogP contribution is -2.27. The van der Waals surface area contributed by atoms with Gasteiger partial charge in [-0.15, -0.1) is 0 Å². The predicted molar refractivity (Wildman–Crippen MR) is 78.2 cm³/mol. The average molecular weight is 273 g/mol. The van der Waals surface area contributed by atoms with Crippen LogP contribution in [0.5, 0.6) is 0 Å².